The van der Waals surface area contributed by atoms with Gasteiger partial charge in [0.2, 0.25) is 0 Å². The van der Waals surface area contributed by atoms with Gasteiger partial charge in [-0.2, -0.15) is 5.10 Å². The fourth-order valence-electron chi connectivity index (χ4n) is 5.49. The van der Waals surface area contributed by atoms with Gasteiger partial charge < -0.3 is 28.6 Å². The molecule has 1 aliphatic rings. The van der Waals surface area contributed by atoms with Crippen LogP contribution in [0.2, 0.25) is 18.1 Å². The minimum Gasteiger partial charge on any atom is -0.497 e. The largest absolute Gasteiger partial charge is 0.497 e. The van der Waals surface area contributed by atoms with Gasteiger partial charge in [-0.15, -0.1) is 0 Å². The number of anilines is 1. The van der Waals surface area contributed by atoms with Crippen molar-refractivity contribution in [3.8, 4) is 22.8 Å². The lowest BCUT2D eigenvalue weighted by Gasteiger charge is -2.39. The molecule has 3 aromatic heterocycles. The van der Waals surface area contributed by atoms with Gasteiger partial charge in [-0.05, 0) is 49.2 Å². The minimum atomic E-state index is -2.06. The standard InChI is InChI=1S/C31H42N6O4Si/c1-31(2,3)42(7,8)41-27-14-22(13-21(27)18-38)37-17-24(25-11-12-36(4)35-25)28-29(33-19-34-30(28)37)32-16-20-9-10-23(39-5)15-26(20)40-6/h9-12,15,17-19,21-22,27H,13-14,16H2,1-8H3,(H,32,33,34)/t21-,22-,27?/m1/s1. The van der Waals surface area contributed by atoms with E-state index in [0.717, 1.165) is 52.1 Å². The molecule has 3 atom stereocenters. The van der Waals surface area contributed by atoms with Crippen LogP contribution in [-0.2, 0) is 22.8 Å². The van der Waals surface area contributed by atoms with Crippen LogP contribution >= 0.6 is 0 Å². The number of aromatic nitrogens is 5. The van der Waals surface area contributed by atoms with E-state index in [-0.39, 0.29) is 23.1 Å². The molecular formula is C31H42N6O4Si. The average Bonchev–Trinajstić information content (AvgIpc) is 3.67. The summed E-state index contributed by atoms with van der Waals surface area (Å²) in [5.74, 6) is 2.00. The summed E-state index contributed by atoms with van der Waals surface area (Å²) in [5.41, 5.74) is 3.54. The van der Waals surface area contributed by atoms with Crippen molar-refractivity contribution in [3.05, 3.63) is 48.5 Å². The molecule has 5 rings (SSSR count). The monoisotopic (exact) mass is 590 g/mol. The molecule has 1 saturated carbocycles. The Kier molecular flexibility index (Phi) is 8.17. The number of hydrogen-bond donors (Lipinski definition) is 1. The van der Waals surface area contributed by atoms with Crippen LogP contribution in [0.15, 0.2) is 43.0 Å². The summed E-state index contributed by atoms with van der Waals surface area (Å²) in [6.07, 6.45) is 8.03. The number of aldehydes is 1. The zero-order chi connectivity index (χ0) is 30.2. The van der Waals surface area contributed by atoms with Crippen LogP contribution in [0.5, 0.6) is 11.5 Å². The van der Waals surface area contributed by atoms with E-state index in [4.69, 9.17) is 24.0 Å². The van der Waals surface area contributed by atoms with Gasteiger partial charge in [-0.25, -0.2) is 9.97 Å². The number of nitrogens with one attached hydrogen (secondary N) is 1. The van der Waals surface area contributed by atoms with Gasteiger partial charge in [0.15, 0.2) is 8.32 Å². The SMILES string of the molecule is COc1ccc(CNc2ncnc3c2c(-c2ccn(C)n2)cn3[C@H]2CC(O[Si](C)(C)C(C)(C)C)[C@@H](C=O)C2)c(OC)c1. The molecule has 4 aromatic rings. The van der Waals surface area contributed by atoms with Crippen molar-refractivity contribution >= 4 is 31.5 Å². The maximum Gasteiger partial charge on any atom is 0.192 e. The highest BCUT2D eigenvalue weighted by Crippen LogP contribution is 2.45. The highest BCUT2D eigenvalue weighted by molar-refractivity contribution is 6.74. The second-order valence-corrected chi connectivity index (χ2v) is 17.4. The third-order valence-electron chi connectivity index (χ3n) is 8.89. The fourth-order valence-corrected chi connectivity index (χ4v) is 6.87. The summed E-state index contributed by atoms with van der Waals surface area (Å²) in [5, 5.41) is 9.18. The Labute approximate surface area is 248 Å². The van der Waals surface area contributed by atoms with Crippen LogP contribution in [0.4, 0.5) is 5.82 Å². The Morgan fingerprint density at radius 1 is 1.12 bits per heavy atom. The van der Waals surface area contributed by atoms with Gasteiger partial charge in [-0.3, -0.25) is 4.68 Å². The van der Waals surface area contributed by atoms with E-state index in [0.29, 0.717) is 18.8 Å². The van der Waals surface area contributed by atoms with E-state index < -0.39 is 8.32 Å². The van der Waals surface area contributed by atoms with Crippen LogP contribution in [0.1, 0.15) is 45.2 Å². The number of ether oxygens (including phenoxy) is 2. The summed E-state index contributed by atoms with van der Waals surface area (Å²) in [6, 6.07) is 7.81. The molecule has 10 nitrogen and oxygen atoms in total. The first-order valence-corrected chi connectivity index (χ1v) is 17.3. The molecule has 1 N–H and O–H groups in total. The maximum absolute atomic E-state index is 12.2. The average molecular weight is 591 g/mol. The van der Waals surface area contributed by atoms with Crippen LogP contribution < -0.4 is 14.8 Å². The quantitative estimate of drug-likeness (QED) is 0.177. The number of hydrogen-bond acceptors (Lipinski definition) is 8. The molecule has 1 aliphatic carbocycles. The number of benzene rings is 1. The zero-order valence-electron chi connectivity index (χ0n) is 25.8. The minimum absolute atomic E-state index is 0.0550. The van der Waals surface area contributed by atoms with Crippen molar-refractivity contribution in [2.24, 2.45) is 13.0 Å². The number of aryl methyl sites for hydroxylation is 1. The number of methoxy groups -OCH3 is 2. The van der Waals surface area contributed by atoms with Gasteiger partial charge in [-0.1, -0.05) is 20.8 Å². The summed E-state index contributed by atoms with van der Waals surface area (Å²) < 4.78 is 21.7. The Hall–Kier alpha value is -3.70. The maximum atomic E-state index is 12.2. The van der Waals surface area contributed by atoms with Gasteiger partial charge in [0.25, 0.3) is 0 Å². The first-order chi connectivity index (χ1) is 20.0. The molecule has 0 spiro atoms. The van der Waals surface area contributed by atoms with Crippen molar-refractivity contribution < 1.29 is 18.7 Å². The Balaban J connectivity index is 1.52. The lowest BCUT2D eigenvalue weighted by atomic mass is 10.1. The van der Waals surface area contributed by atoms with E-state index in [9.17, 15) is 4.79 Å². The number of carbonyl (C=O) groups is 1. The Bertz CT molecular complexity index is 1570. The van der Waals surface area contributed by atoms with Crippen molar-refractivity contribution in [1.82, 2.24) is 24.3 Å². The van der Waals surface area contributed by atoms with Crippen molar-refractivity contribution in [2.75, 3.05) is 19.5 Å². The molecule has 0 radical (unpaired) electrons. The summed E-state index contributed by atoms with van der Waals surface area (Å²) in [6.45, 7) is 11.7. The number of carbonyl (C=O) groups excluding carboxylic acids is 1. The first-order valence-electron chi connectivity index (χ1n) is 14.4. The van der Waals surface area contributed by atoms with Crippen molar-refractivity contribution in [2.45, 2.75) is 70.4 Å². The van der Waals surface area contributed by atoms with Crippen LogP contribution in [0.3, 0.4) is 0 Å². The fraction of sp³-hybridized carbons (Fsp3) is 0.484. The van der Waals surface area contributed by atoms with Crippen molar-refractivity contribution in [3.63, 3.8) is 0 Å². The second kappa shape index (κ2) is 11.5. The van der Waals surface area contributed by atoms with E-state index in [1.165, 1.54) is 0 Å². The Morgan fingerprint density at radius 3 is 2.55 bits per heavy atom. The molecule has 0 saturated heterocycles. The topological polar surface area (TPSA) is 105 Å². The van der Waals surface area contributed by atoms with Crippen LogP contribution in [0, 0.1) is 5.92 Å². The second-order valence-electron chi connectivity index (χ2n) is 12.6. The summed E-state index contributed by atoms with van der Waals surface area (Å²) in [4.78, 5) is 21.7. The number of fused-ring (bicyclic) bond motifs is 1. The molecule has 0 amide bonds. The highest BCUT2D eigenvalue weighted by Gasteiger charge is 2.44. The van der Waals surface area contributed by atoms with Gasteiger partial charge >= 0.3 is 0 Å². The lowest BCUT2D eigenvalue weighted by Crippen LogP contribution is -2.45. The van der Waals surface area contributed by atoms with E-state index in [2.05, 4.69) is 54.9 Å². The van der Waals surface area contributed by atoms with Crippen LogP contribution in [0.25, 0.3) is 22.3 Å². The Morgan fingerprint density at radius 2 is 1.90 bits per heavy atom. The van der Waals surface area contributed by atoms with E-state index >= 15 is 0 Å². The van der Waals surface area contributed by atoms with Crippen LogP contribution in [-0.4, -0.2) is 59.2 Å². The molecule has 1 fully saturated rings. The lowest BCUT2D eigenvalue weighted by molar-refractivity contribution is -0.113. The smallest absolute Gasteiger partial charge is 0.192 e. The molecule has 11 heteroatoms. The zero-order valence-corrected chi connectivity index (χ0v) is 26.8. The van der Waals surface area contributed by atoms with Crippen molar-refractivity contribution in [1.29, 1.82) is 0 Å². The normalized spacial score (nSPS) is 19.3. The molecule has 224 valence electrons. The van der Waals surface area contributed by atoms with E-state index in [1.54, 1.807) is 25.2 Å². The number of nitrogens with zero attached hydrogens (tertiary/aromatic N) is 5. The van der Waals surface area contributed by atoms with Gasteiger partial charge in [0, 0.05) is 55.1 Å². The molecule has 0 aliphatic heterocycles. The first kappa shape index (κ1) is 29.8. The number of rotatable bonds is 10. The van der Waals surface area contributed by atoms with E-state index in [1.807, 2.05) is 37.5 Å². The molecule has 1 unspecified atom stereocenters. The predicted octanol–water partition coefficient (Wildman–Crippen LogP) is 6.00. The molecular weight excluding hydrogens is 548 g/mol. The molecule has 42 heavy (non-hydrogen) atoms. The van der Waals surface area contributed by atoms with Gasteiger partial charge in [0.05, 0.1) is 31.4 Å². The van der Waals surface area contributed by atoms with Gasteiger partial charge in [0.1, 0.15) is 35.6 Å². The summed E-state index contributed by atoms with van der Waals surface area (Å²) in [7, 11) is 3.13. The third-order valence-corrected chi connectivity index (χ3v) is 13.4. The summed E-state index contributed by atoms with van der Waals surface area (Å²) >= 11 is 0. The molecule has 3 heterocycles. The third kappa shape index (κ3) is 5.67. The predicted molar refractivity (Wildman–Crippen MR) is 166 cm³/mol. The molecule has 0 bridgehead atoms. The highest BCUT2D eigenvalue weighted by atomic mass is 28.4. The molecule has 1 aromatic carbocycles.